The summed E-state index contributed by atoms with van der Waals surface area (Å²) in [5.41, 5.74) is 9.62. The van der Waals surface area contributed by atoms with Gasteiger partial charge >= 0.3 is 5.97 Å². The number of carbonyl (C=O) groups is 1. The van der Waals surface area contributed by atoms with Crippen molar-refractivity contribution >= 4 is 5.97 Å². The fourth-order valence-corrected chi connectivity index (χ4v) is 2.38. The van der Waals surface area contributed by atoms with E-state index in [0.29, 0.717) is 6.61 Å². The molecule has 1 atom stereocenters. The summed E-state index contributed by atoms with van der Waals surface area (Å²) in [7, 11) is 1.33. The predicted octanol–water partition coefficient (Wildman–Crippen LogP) is 3.06. The van der Waals surface area contributed by atoms with E-state index in [2.05, 4.69) is 4.74 Å². The Balaban J connectivity index is 2.18. The summed E-state index contributed by atoms with van der Waals surface area (Å²) < 4.78 is 10.6. The van der Waals surface area contributed by atoms with Crippen LogP contribution in [0.2, 0.25) is 0 Å². The molecular weight excluding hydrogens is 278 g/mol. The Morgan fingerprint density at radius 3 is 2.27 bits per heavy atom. The molecule has 0 aliphatic carbocycles. The third-order valence-corrected chi connectivity index (χ3v) is 3.52. The van der Waals surface area contributed by atoms with Crippen LogP contribution in [-0.2, 0) is 16.1 Å². The van der Waals surface area contributed by atoms with Gasteiger partial charge in [0.25, 0.3) is 0 Å². The van der Waals surface area contributed by atoms with E-state index in [0.717, 1.165) is 28.0 Å². The molecule has 0 amide bonds. The maximum atomic E-state index is 11.6. The lowest BCUT2D eigenvalue weighted by molar-refractivity contribution is -0.142. The summed E-state index contributed by atoms with van der Waals surface area (Å²) in [6.45, 7) is 4.40. The van der Waals surface area contributed by atoms with Gasteiger partial charge < -0.3 is 15.2 Å². The normalized spacial score (nSPS) is 11.8. The minimum atomic E-state index is -0.773. The topological polar surface area (TPSA) is 61.5 Å². The molecule has 0 bridgehead atoms. The molecule has 0 fully saturated rings. The summed E-state index contributed by atoms with van der Waals surface area (Å²) in [5.74, 6) is 0.376. The highest BCUT2D eigenvalue weighted by molar-refractivity contribution is 5.77. The van der Waals surface area contributed by atoms with E-state index in [-0.39, 0.29) is 0 Å². The Labute approximate surface area is 130 Å². The fourth-order valence-electron chi connectivity index (χ4n) is 2.38. The van der Waals surface area contributed by atoms with Crippen LogP contribution >= 0.6 is 0 Å². The molecule has 0 aromatic heterocycles. The standard InChI is InChI=1S/C18H21NO3/c1-12-9-15(16(19)18(20)21-3)10-13(2)17(12)22-11-14-7-5-4-6-8-14/h4-10,16H,11,19H2,1-3H3/t16-/m1/s1. The lowest BCUT2D eigenvalue weighted by Gasteiger charge is -2.16. The van der Waals surface area contributed by atoms with E-state index in [1.165, 1.54) is 7.11 Å². The summed E-state index contributed by atoms with van der Waals surface area (Å²) >= 11 is 0. The first-order chi connectivity index (χ1) is 10.5. The van der Waals surface area contributed by atoms with Gasteiger partial charge in [0.05, 0.1) is 7.11 Å². The summed E-state index contributed by atoms with van der Waals surface area (Å²) in [5, 5.41) is 0. The maximum absolute atomic E-state index is 11.6. The molecule has 2 aromatic rings. The second kappa shape index (κ2) is 7.09. The highest BCUT2D eigenvalue weighted by atomic mass is 16.5. The van der Waals surface area contributed by atoms with Crippen molar-refractivity contribution in [2.24, 2.45) is 5.73 Å². The Hall–Kier alpha value is -2.33. The van der Waals surface area contributed by atoms with Crippen molar-refractivity contribution < 1.29 is 14.3 Å². The highest BCUT2D eigenvalue weighted by Crippen LogP contribution is 2.28. The van der Waals surface area contributed by atoms with Crippen molar-refractivity contribution in [3.05, 3.63) is 64.7 Å². The zero-order valence-corrected chi connectivity index (χ0v) is 13.1. The first-order valence-electron chi connectivity index (χ1n) is 7.14. The number of hydrogen-bond acceptors (Lipinski definition) is 4. The number of nitrogens with two attached hydrogens (primary N) is 1. The van der Waals surface area contributed by atoms with Crippen molar-refractivity contribution in [2.75, 3.05) is 7.11 Å². The van der Waals surface area contributed by atoms with Crippen LogP contribution < -0.4 is 10.5 Å². The number of esters is 1. The highest BCUT2D eigenvalue weighted by Gasteiger charge is 2.18. The Bertz CT molecular complexity index is 630. The van der Waals surface area contributed by atoms with Gasteiger partial charge in [0.1, 0.15) is 18.4 Å². The molecule has 4 nitrogen and oxygen atoms in total. The average Bonchev–Trinajstić information content (AvgIpc) is 2.53. The van der Waals surface area contributed by atoms with Crippen LogP contribution in [0.15, 0.2) is 42.5 Å². The number of ether oxygens (including phenoxy) is 2. The third-order valence-electron chi connectivity index (χ3n) is 3.52. The van der Waals surface area contributed by atoms with Gasteiger partial charge in [-0.1, -0.05) is 42.5 Å². The molecule has 2 aromatic carbocycles. The van der Waals surface area contributed by atoms with Crippen LogP contribution in [-0.4, -0.2) is 13.1 Å². The number of hydrogen-bond donors (Lipinski definition) is 1. The van der Waals surface area contributed by atoms with Crippen LogP contribution in [0.4, 0.5) is 0 Å². The van der Waals surface area contributed by atoms with Crippen LogP contribution in [0.1, 0.15) is 28.3 Å². The molecule has 0 unspecified atom stereocenters. The van der Waals surface area contributed by atoms with E-state index >= 15 is 0 Å². The monoisotopic (exact) mass is 299 g/mol. The number of carbonyl (C=O) groups excluding carboxylic acids is 1. The van der Waals surface area contributed by atoms with Crippen molar-refractivity contribution in [1.29, 1.82) is 0 Å². The number of methoxy groups -OCH3 is 1. The largest absolute Gasteiger partial charge is 0.488 e. The van der Waals surface area contributed by atoms with Crippen LogP contribution in [0.5, 0.6) is 5.75 Å². The third kappa shape index (κ3) is 3.65. The molecule has 0 saturated heterocycles. The minimum absolute atomic E-state index is 0.447. The Morgan fingerprint density at radius 2 is 1.73 bits per heavy atom. The average molecular weight is 299 g/mol. The van der Waals surface area contributed by atoms with Gasteiger partial charge in [-0.2, -0.15) is 0 Å². The van der Waals surface area contributed by atoms with Gasteiger partial charge in [0.15, 0.2) is 0 Å². The molecule has 0 saturated carbocycles. The van der Waals surface area contributed by atoms with Crippen LogP contribution in [0.25, 0.3) is 0 Å². The first kappa shape index (κ1) is 16.0. The first-order valence-corrected chi connectivity index (χ1v) is 7.14. The van der Waals surface area contributed by atoms with Crippen molar-refractivity contribution in [1.82, 2.24) is 0 Å². The van der Waals surface area contributed by atoms with Crippen molar-refractivity contribution in [3.63, 3.8) is 0 Å². The van der Waals surface area contributed by atoms with Gasteiger partial charge in [-0.3, -0.25) is 4.79 Å². The van der Waals surface area contributed by atoms with E-state index in [4.69, 9.17) is 10.5 Å². The van der Waals surface area contributed by atoms with E-state index in [1.807, 2.05) is 56.3 Å². The molecular formula is C18H21NO3. The van der Waals surface area contributed by atoms with Gasteiger partial charge in [-0.15, -0.1) is 0 Å². The van der Waals surface area contributed by atoms with E-state index < -0.39 is 12.0 Å². The van der Waals surface area contributed by atoms with Crippen molar-refractivity contribution in [2.45, 2.75) is 26.5 Å². The van der Waals surface area contributed by atoms with Crippen LogP contribution in [0, 0.1) is 13.8 Å². The predicted molar refractivity (Wildman–Crippen MR) is 85.6 cm³/mol. The number of benzene rings is 2. The molecule has 0 heterocycles. The zero-order valence-electron chi connectivity index (χ0n) is 13.1. The van der Waals surface area contributed by atoms with E-state index in [9.17, 15) is 4.79 Å². The molecule has 116 valence electrons. The summed E-state index contributed by atoms with van der Waals surface area (Å²) in [6, 6.07) is 12.9. The Morgan fingerprint density at radius 1 is 1.14 bits per heavy atom. The lowest BCUT2D eigenvalue weighted by atomic mass is 10.0. The Kier molecular flexibility index (Phi) is 5.17. The van der Waals surface area contributed by atoms with E-state index in [1.54, 1.807) is 0 Å². The molecule has 0 spiro atoms. The second-order valence-corrected chi connectivity index (χ2v) is 5.26. The molecule has 2 N–H and O–H groups in total. The van der Waals surface area contributed by atoms with Gasteiger partial charge in [0, 0.05) is 0 Å². The maximum Gasteiger partial charge on any atom is 0.327 e. The van der Waals surface area contributed by atoms with Gasteiger partial charge in [-0.25, -0.2) is 0 Å². The second-order valence-electron chi connectivity index (χ2n) is 5.26. The smallest absolute Gasteiger partial charge is 0.327 e. The molecule has 2 rings (SSSR count). The number of rotatable bonds is 5. The molecule has 4 heteroatoms. The fraction of sp³-hybridized carbons (Fsp3) is 0.278. The van der Waals surface area contributed by atoms with Crippen molar-refractivity contribution in [3.8, 4) is 5.75 Å². The summed E-state index contributed by atoms with van der Waals surface area (Å²) in [6.07, 6.45) is 0. The molecule has 0 aliphatic rings. The van der Waals surface area contributed by atoms with Gasteiger partial charge in [-0.05, 0) is 36.1 Å². The quantitative estimate of drug-likeness (QED) is 0.862. The minimum Gasteiger partial charge on any atom is -0.488 e. The van der Waals surface area contributed by atoms with Gasteiger partial charge in [0.2, 0.25) is 0 Å². The van der Waals surface area contributed by atoms with Crippen LogP contribution in [0.3, 0.4) is 0 Å². The molecule has 0 aliphatic heterocycles. The number of aryl methyl sites for hydroxylation is 2. The summed E-state index contributed by atoms with van der Waals surface area (Å²) in [4.78, 5) is 11.6. The molecule has 0 radical (unpaired) electrons. The zero-order chi connectivity index (χ0) is 16.1. The SMILES string of the molecule is COC(=O)[C@H](N)c1cc(C)c(OCc2ccccc2)c(C)c1. The lowest BCUT2D eigenvalue weighted by Crippen LogP contribution is -2.22. The molecule has 22 heavy (non-hydrogen) atoms.